The van der Waals surface area contributed by atoms with Crippen molar-refractivity contribution in [2.75, 3.05) is 7.05 Å². The number of hydrogen-bond acceptors (Lipinski definition) is 3. The number of likely N-dealkylation sites (N-methyl/N-ethyl adjacent to an activating group) is 1. The fourth-order valence-electron chi connectivity index (χ4n) is 1.02. The normalized spacial score (nSPS) is 12.8. The highest BCUT2D eigenvalue weighted by atomic mass is 16.1. The van der Waals surface area contributed by atoms with Crippen molar-refractivity contribution in [2.24, 2.45) is 7.05 Å². The van der Waals surface area contributed by atoms with Crippen molar-refractivity contribution in [1.29, 1.82) is 0 Å². The topological polar surface area (TPSA) is 46.9 Å². The van der Waals surface area contributed by atoms with E-state index in [2.05, 4.69) is 10.3 Å². The summed E-state index contributed by atoms with van der Waals surface area (Å²) in [7, 11) is 3.69. The minimum absolute atomic E-state index is 0.111. The van der Waals surface area contributed by atoms with Gasteiger partial charge in [-0.05, 0) is 7.05 Å². The fourth-order valence-corrected chi connectivity index (χ4v) is 1.02. The predicted molar refractivity (Wildman–Crippen MR) is 45.8 cm³/mol. The molecular formula is C8H13N3O. The third kappa shape index (κ3) is 1.92. The van der Waals surface area contributed by atoms with E-state index in [-0.39, 0.29) is 6.04 Å². The average molecular weight is 167 g/mol. The van der Waals surface area contributed by atoms with E-state index in [0.717, 1.165) is 12.0 Å². The lowest BCUT2D eigenvalue weighted by Crippen LogP contribution is -2.29. The molecule has 0 bridgehead atoms. The summed E-state index contributed by atoms with van der Waals surface area (Å²) in [5, 5.41) is 2.91. The van der Waals surface area contributed by atoms with Gasteiger partial charge < -0.3 is 14.7 Å². The zero-order valence-corrected chi connectivity index (χ0v) is 7.32. The van der Waals surface area contributed by atoms with Gasteiger partial charge in [0.25, 0.3) is 0 Å². The summed E-state index contributed by atoms with van der Waals surface area (Å²) in [5.41, 5.74) is 1.06. The van der Waals surface area contributed by atoms with Gasteiger partial charge in [-0.1, -0.05) is 0 Å². The summed E-state index contributed by atoms with van der Waals surface area (Å²) < 4.78 is 1.91. The summed E-state index contributed by atoms with van der Waals surface area (Å²) in [6.07, 6.45) is 5.10. The van der Waals surface area contributed by atoms with Gasteiger partial charge in [0.15, 0.2) is 0 Å². The van der Waals surface area contributed by atoms with Crippen LogP contribution in [0.5, 0.6) is 0 Å². The first-order chi connectivity index (χ1) is 5.77. The Hall–Kier alpha value is -1.16. The molecular weight excluding hydrogens is 154 g/mol. The highest BCUT2D eigenvalue weighted by Crippen LogP contribution is 1.99. The second-order valence-corrected chi connectivity index (χ2v) is 2.73. The molecule has 0 aliphatic carbocycles. The molecule has 0 amide bonds. The SMILES string of the molecule is CN[C@H](C=O)Cc1cncn1C. The monoisotopic (exact) mass is 167 g/mol. The maximum Gasteiger partial charge on any atom is 0.137 e. The number of rotatable bonds is 4. The second kappa shape index (κ2) is 4.01. The van der Waals surface area contributed by atoms with E-state index in [9.17, 15) is 4.79 Å². The van der Waals surface area contributed by atoms with Crippen molar-refractivity contribution in [3.63, 3.8) is 0 Å². The molecule has 1 heterocycles. The number of nitrogens with zero attached hydrogens (tertiary/aromatic N) is 2. The van der Waals surface area contributed by atoms with E-state index in [1.54, 1.807) is 19.6 Å². The quantitative estimate of drug-likeness (QED) is 0.629. The van der Waals surface area contributed by atoms with E-state index in [4.69, 9.17) is 0 Å². The van der Waals surface area contributed by atoms with Crippen LogP contribution in [-0.4, -0.2) is 28.9 Å². The van der Waals surface area contributed by atoms with E-state index >= 15 is 0 Å². The number of nitrogens with one attached hydrogen (secondary N) is 1. The van der Waals surface area contributed by atoms with E-state index in [1.807, 2.05) is 11.6 Å². The molecule has 1 atom stereocenters. The lowest BCUT2D eigenvalue weighted by atomic mass is 10.2. The molecule has 4 heteroatoms. The molecule has 4 nitrogen and oxygen atoms in total. The molecule has 1 aromatic heterocycles. The molecule has 0 fully saturated rings. The third-order valence-corrected chi connectivity index (χ3v) is 1.88. The zero-order valence-electron chi connectivity index (χ0n) is 7.32. The first-order valence-corrected chi connectivity index (χ1v) is 3.85. The Kier molecular flexibility index (Phi) is 2.99. The summed E-state index contributed by atoms with van der Waals surface area (Å²) in [6, 6.07) is -0.111. The van der Waals surface area contributed by atoms with Gasteiger partial charge in [-0.3, -0.25) is 0 Å². The number of carbonyl (C=O) groups excluding carboxylic acids is 1. The minimum Gasteiger partial charge on any atom is -0.338 e. The molecule has 0 spiro atoms. The Morgan fingerprint density at radius 3 is 3.00 bits per heavy atom. The summed E-state index contributed by atoms with van der Waals surface area (Å²) in [6.45, 7) is 0. The smallest absolute Gasteiger partial charge is 0.137 e. The van der Waals surface area contributed by atoms with Crippen LogP contribution in [0.3, 0.4) is 0 Å². The van der Waals surface area contributed by atoms with Crippen molar-refractivity contribution >= 4 is 6.29 Å². The van der Waals surface area contributed by atoms with Gasteiger partial charge in [0.05, 0.1) is 12.4 Å². The fraction of sp³-hybridized carbons (Fsp3) is 0.500. The molecule has 0 aliphatic heterocycles. The molecule has 0 aliphatic rings. The maximum atomic E-state index is 10.5. The second-order valence-electron chi connectivity index (χ2n) is 2.73. The first-order valence-electron chi connectivity index (χ1n) is 3.85. The predicted octanol–water partition coefficient (Wildman–Crippen LogP) is -0.251. The van der Waals surface area contributed by atoms with Gasteiger partial charge in [0, 0.05) is 25.4 Å². The van der Waals surface area contributed by atoms with Crippen LogP contribution >= 0.6 is 0 Å². The zero-order chi connectivity index (χ0) is 8.97. The van der Waals surface area contributed by atoms with Crippen molar-refractivity contribution in [3.8, 4) is 0 Å². The van der Waals surface area contributed by atoms with Crippen LogP contribution < -0.4 is 5.32 Å². The highest BCUT2D eigenvalue weighted by Gasteiger charge is 2.07. The molecule has 1 N–H and O–H groups in total. The number of aryl methyl sites for hydroxylation is 1. The molecule has 0 saturated carbocycles. The minimum atomic E-state index is -0.111. The van der Waals surface area contributed by atoms with Gasteiger partial charge in [0.2, 0.25) is 0 Å². The lowest BCUT2D eigenvalue weighted by molar-refractivity contribution is -0.109. The molecule has 0 saturated heterocycles. The summed E-state index contributed by atoms with van der Waals surface area (Å²) in [4.78, 5) is 14.4. The highest BCUT2D eigenvalue weighted by molar-refractivity contribution is 5.58. The number of aldehydes is 1. The maximum absolute atomic E-state index is 10.5. The van der Waals surface area contributed by atoms with Crippen molar-refractivity contribution in [3.05, 3.63) is 18.2 Å². The number of imidazole rings is 1. The third-order valence-electron chi connectivity index (χ3n) is 1.88. The number of carbonyl (C=O) groups is 1. The van der Waals surface area contributed by atoms with Gasteiger partial charge in [-0.15, -0.1) is 0 Å². The van der Waals surface area contributed by atoms with Crippen LogP contribution in [0.1, 0.15) is 5.69 Å². The van der Waals surface area contributed by atoms with Crippen LogP contribution in [0.4, 0.5) is 0 Å². The van der Waals surface area contributed by atoms with E-state index in [0.29, 0.717) is 6.42 Å². The van der Waals surface area contributed by atoms with Crippen molar-refractivity contribution in [1.82, 2.24) is 14.9 Å². The number of aromatic nitrogens is 2. The Morgan fingerprint density at radius 1 is 1.83 bits per heavy atom. The summed E-state index contributed by atoms with van der Waals surface area (Å²) in [5.74, 6) is 0. The Labute approximate surface area is 71.6 Å². The average Bonchev–Trinajstić information content (AvgIpc) is 2.47. The standard InChI is InChI=1S/C8H13N3O/c1-9-7(5-12)3-8-4-10-6-11(8)2/h4-7,9H,3H2,1-2H3/t7-/m0/s1. The van der Waals surface area contributed by atoms with Crippen LogP contribution in [-0.2, 0) is 18.3 Å². The van der Waals surface area contributed by atoms with Crippen LogP contribution in [0.15, 0.2) is 12.5 Å². The molecule has 1 aromatic rings. The van der Waals surface area contributed by atoms with Crippen molar-refractivity contribution in [2.45, 2.75) is 12.5 Å². The first kappa shape index (κ1) is 8.93. The molecule has 0 radical (unpaired) electrons. The summed E-state index contributed by atoms with van der Waals surface area (Å²) >= 11 is 0. The van der Waals surface area contributed by atoms with Gasteiger partial charge in [-0.25, -0.2) is 4.98 Å². The Morgan fingerprint density at radius 2 is 2.58 bits per heavy atom. The van der Waals surface area contributed by atoms with Crippen LogP contribution in [0.2, 0.25) is 0 Å². The van der Waals surface area contributed by atoms with Crippen molar-refractivity contribution < 1.29 is 4.79 Å². The molecule has 66 valence electrons. The Bertz CT molecular complexity index is 257. The Balaban J connectivity index is 2.62. The largest absolute Gasteiger partial charge is 0.338 e. The van der Waals surface area contributed by atoms with E-state index < -0.39 is 0 Å². The van der Waals surface area contributed by atoms with Crippen LogP contribution in [0, 0.1) is 0 Å². The molecule has 0 unspecified atom stereocenters. The van der Waals surface area contributed by atoms with E-state index in [1.165, 1.54) is 0 Å². The molecule has 12 heavy (non-hydrogen) atoms. The number of hydrogen-bond donors (Lipinski definition) is 1. The molecule has 1 rings (SSSR count). The lowest BCUT2D eigenvalue weighted by Gasteiger charge is -2.08. The van der Waals surface area contributed by atoms with Gasteiger partial charge in [-0.2, -0.15) is 0 Å². The van der Waals surface area contributed by atoms with Crippen LogP contribution in [0.25, 0.3) is 0 Å². The molecule has 0 aromatic carbocycles. The van der Waals surface area contributed by atoms with Gasteiger partial charge >= 0.3 is 0 Å². The van der Waals surface area contributed by atoms with Gasteiger partial charge in [0.1, 0.15) is 6.29 Å².